The van der Waals surface area contributed by atoms with Crippen LogP contribution >= 0.6 is 0 Å². The SMILES string of the molecule is CC.CC.CC.[CH3-].[Mg+2].[c-]1ccccc1. The Labute approximate surface area is 108 Å². The van der Waals surface area contributed by atoms with Gasteiger partial charge in [-0.15, -0.1) is 0 Å². The Morgan fingerprint density at radius 2 is 0.929 bits per heavy atom. The van der Waals surface area contributed by atoms with Gasteiger partial charge in [0.25, 0.3) is 0 Å². The van der Waals surface area contributed by atoms with E-state index in [2.05, 4.69) is 6.07 Å². The van der Waals surface area contributed by atoms with Crippen LogP contribution in [-0.2, 0) is 0 Å². The summed E-state index contributed by atoms with van der Waals surface area (Å²) in [5, 5.41) is 0. The maximum atomic E-state index is 2.89. The third-order valence-corrected chi connectivity index (χ3v) is 0.607. The van der Waals surface area contributed by atoms with Gasteiger partial charge in [0.2, 0.25) is 0 Å². The predicted molar refractivity (Wildman–Crippen MR) is 71.5 cm³/mol. The summed E-state index contributed by atoms with van der Waals surface area (Å²) in [4.78, 5) is 0. The molecular formula is C13H26Mg. The fraction of sp³-hybridized carbons (Fsp3) is 0.462. The van der Waals surface area contributed by atoms with Gasteiger partial charge < -0.3 is 7.43 Å². The van der Waals surface area contributed by atoms with Crippen molar-refractivity contribution >= 4 is 23.1 Å². The first kappa shape index (κ1) is 29.2. The Morgan fingerprint density at radius 3 is 1.00 bits per heavy atom. The van der Waals surface area contributed by atoms with Gasteiger partial charge in [0.15, 0.2) is 0 Å². The molecule has 0 saturated carbocycles. The molecule has 1 heteroatoms. The molecule has 0 nitrogen and oxygen atoms in total. The smallest absolute Gasteiger partial charge is 0.358 e. The van der Waals surface area contributed by atoms with E-state index in [0.717, 1.165) is 0 Å². The quantitative estimate of drug-likeness (QED) is 0.429. The Morgan fingerprint density at radius 1 is 0.643 bits per heavy atom. The van der Waals surface area contributed by atoms with Crippen LogP contribution < -0.4 is 0 Å². The van der Waals surface area contributed by atoms with Gasteiger partial charge >= 0.3 is 23.1 Å². The van der Waals surface area contributed by atoms with Crippen molar-refractivity contribution in [3.05, 3.63) is 43.8 Å². The molecule has 0 bridgehead atoms. The summed E-state index contributed by atoms with van der Waals surface area (Å²) in [6.07, 6.45) is 0. The first-order valence-electron chi connectivity index (χ1n) is 4.91. The predicted octanol–water partition coefficient (Wildman–Crippen LogP) is 4.63. The van der Waals surface area contributed by atoms with Crippen LogP contribution in [0.15, 0.2) is 30.3 Å². The maximum Gasteiger partial charge on any atom is 2.00 e. The van der Waals surface area contributed by atoms with Crippen molar-refractivity contribution in [3.63, 3.8) is 0 Å². The molecule has 1 aromatic rings. The van der Waals surface area contributed by atoms with Gasteiger partial charge in [-0.3, -0.25) is 0 Å². The van der Waals surface area contributed by atoms with Crippen molar-refractivity contribution in [2.24, 2.45) is 0 Å². The maximum absolute atomic E-state index is 2.89. The fourth-order valence-corrected chi connectivity index (χ4v) is 0.342. The van der Waals surface area contributed by atoms with Gasteiger partial charge in [-0.05, 0) is 0 Å². The number of hydrogen-bond acceptors (Lipinski definition) is 0. The van der Waals surface area contributed by atoms with Crippen molar-refractivity contribution in [2.75, 3.05) is 0 Å². The molecule has 0 radical (unpaired) electrons. The second-order valence-corrected chi connectivity index (χ2v) is 1.08. The Kier molecular flexibility index (Phi) is 109. The van der Waals surface area contributed by atoms with Crippen molar-refractivity contribution in [1.82, 2.24) is 0 Å². The summed E-state index contributed by atoms with van der Waals surface area (Å²) in [6, 6.07) is 12.5. The zero-order valence-corrected chi connectivity index (χ0v) is 12.5. The Balaban J connectivity index is -0.0000000300. The molecule has 0 aromatic heterocycles. The second-order valence-electron chi connectivity index (χ2n) is 1.08. The Bertz CT molecular complexity index is 77.2. The van der Waals surface area contributed by atoms with Crippen LogP contribution in [0.5, 0.6) is 0 Å². The van der Waals surface area contributed by atoms with Crippen LogP contribution in [0.1, 0.15) is 41.5 Å². The van der Waals surface area contributed by atoms with Gasteiger partial charge in [0.1, 0.15) is 0 Å². The molecule has 0 N–H and O–H groups in total. The topological polar surface area (TPSA) is 0 Å². The molecule has 1 aromatic carbocycles. The molecule has 0 aliphatic rings. The third kappa shape index (κ3) is 40.4. The molecule has 0 atom stereocenters. The monoisotopic (exact) mass is 206 g/mol. The van der Waals surface area contributed by atoms with E-state index in [0.29, 0.717) is 0 Å². The van der Waals surface area contributed by atoms with Gasteiger partial charge in [-0.1, -0.05) is 41.5 Å². The molecule has 0 aliphatic carbocycles. The van der Waals surface area contributed by atoms with Crippen molar-refractivity contribution in [3.8, 4) is 0 Å². The van der Waals surface area contributed by atoms with Gasteiger partial charge in [-0.2, -0.15) is 36.4 Å². The van der Waals surface area contributed by atoms with E-state index in [1.54, 1.807) is 0 Å². The van der Waals surface area contributed by atoms with Crippen molar-refractivity contribution in [2.45, 2.75) is 41.5 Å². The standard InChI is InChI=1S/C6H5.3C2H6.CH3.Mg/c1-2-4-6-5-3-1;3*1-2;;/h1-5H;3*1-2H3;1H3;/q-1;;;;-1;+2. The number of hydrogen-bond donors (Lipinski definition) is 0. The summed E-state index contributed by atoms with van der Waals surface area (Å²) in [6.45, 7) is 12.0. The van der Waals surface area contributed by atoms with Crippen LogP contribution in [0.3, 0.4) is 0 Å². The molecule has 0 amide bonds. The summed E-state index contributed by atoms with van der Waals surface area (Å²) in [5.41, 5.74) is 0. The molecule has 0 saturated heterocycles. The minimum absolute atomic E-state index is 0. The van der Waals surface area contributed by atoms with Gasteiger partial charge in [0.05, 0.1) is 0 Å². The van der Waals surface area contributed by atoms with E-state index < -0.39 is 0 Å². The average Bonchev–Trinajstić information content (AvgIpc) is 2.29. The molecule has 1 rings (SSSR count). The van der Waals surface area contributed by atoms with E-state index in [9.17, 15) is 0 Å². The van der Waals surface area contributed by atoms with Gasteiger partial charge in [-0.25, -0.2) is 0 Å². The van der Waals surface area contributed by atoms with Crippen LogP contribution in [0.25, 0.3) is 0 Å². The van der Waals surface area contributed by atoms with E-state index in [-0.39, 0.29) is 30.5 Å². The van der Waals surface area contributed by atoms with E-state index in [1.165, 1.54) is 0 Å². The molecule has 0 fully saturated rings. The largest absolute Gasteiger partial charge is 2.00 e. The molecule has 0 spiro atoms. The summed E-state index contributed by atoms with van der Waals surface area (Å²) < 4.78 is 0. The van der Waals surface area contributed by atoms with Crippen molar-refractivity contribution in [1.29, 1.82) is 0 Å². The molecule has 80 valence electrons. The minimum Gasteiger partial charge on any atom is -0.358 e. The van der Waals surface area contributed by atoms with E-state index >= 15 is 0 Å². The average molecular weight is 207 g/mol. The molecule has 0 aliphatic heterocycles. The fourth-order valence-electron chi connectivity index (χ4n) is 0.342. The van der Waals surface area contributed by atoms with Gasteiger partial charge in [0, 0.05) is 0 Å². The molecular weight excluding hydrogens is 180 g/mol. The third-order valence-electron chi connectivity index (χ3n) is 0.607. The van der Waals surface area contributed by atoms with Crippen LogP contribution in [-0.4, -0.2) is 23.1 Å². The first-order valence-corrected chi connectivity index (χ1v) is 4.91. The van der Waals surface area contributed by atoms with Crippen LogP contribution in [0.2, 0.25) is 0 Å². The normalized spacial score (nSPS) is 4.71. The van der Waals surface area contributed by atoms with Crippen molar-refractivity contribution < 1.29 is 0 Å². The number of benzene rings is 1. The zero-order valence-electron chi connectivity index (χ0n) is 11.1. The summed E-state index contributed by atoms with van der Waals surface area (Å²) in [5.74, 6) is 0. The zero-order chi connectivity index (χ0) is 10.2. The van der Waals surface area contributed by atoms with Crippen LogP contribution in [0.4, 0.5) is 0 Å². The minimum atomic E-state index is 0. The molecule has 0 heterocycles. The van der Waals surface area contributed by atoms with E-state index in [4.69, 9.17) is 0 Å². The summed E-state index contributed by atoms with van der Waals surface area (Å²) in [7, 11) is 0. The summed E-state index contributed by atoms with van der Waals surface area (Å²) >= 11 is 0. The van der Waals surface area contributed by atoms with E-state index in [1.807, 2.05) is 71.9 Å². The Hall–Kier alpha value is -0.0138. The first-order chi connectivity index (χ1) is 6.00. The molecule has 0 unspecified atom stereocenters. The van der Waals surface area contributed by atoms with Crippen LogP contribution in [0, 0.1) is 13.5 Å². The molecule has 14 heavy (non-hydrogen) atoms. The number of rotatable bonds is 0. The second kappa shape index (κ2) is 52.1.